The van der Waals surface area contributed by atoms with E-state index in [0.29, 0.717) is 16.0 Å². The van der Waals surface area contributed by atoms with Crippen molar-refractivity contribution >= 4 is 15.9 Å². The van der Waals surface area contributed by atoms with Crippen LogP contribution in [0.5, 0.6) is 0 Å². The molecule has 5 heteroatoms. The molecule has 2 rings (SSSR count). The van der Waals surface area contributed by atoms with Crippen LogP contribution in [-0.4, -0.2) is 0 Å². The van der Waals surface area contributed by atoms with Crippen LogP contribution in [-0.2, 0) is 0 Å². The molecule has 0 radical (unpaired) electrons. The van der Waals surface area contributed by atoms with Crippen LogP contribution < -0.4 is 5.73 Å². The van der Waals surface area contributed by atoms with E-state index in [1.165, 1.54) is 12.1 Å². The Hall–Kier alpha value is -1.20. The maximum Gasteiger partial charge on any atom is 0.169 e. The summed E-state index contributed by atoms with van der Waals surface area (Å²) < 4.78 is 31.7. The van der Waals surface area contributed by atoms with Crippen LogP contribution in [0.4, 0.5) is 8.78 Å². The van der Waals surface area contributed by atoms with Gasteiger partial charge in [-0.15, -0.1) is 0 Å². The number of furan rings is 1. The van der Waals surface area contributed by atoms with Crippen LogP contribution >= 0.6 is 15.9 Å². The molecule has 84 valence electrons. The molecule has 1 aromatic carbocycles. The van der Waals surface area contributed by atoms with Crippen molar-refractivity contribution in [2.24, 2.45) is 5.73 Å². The lowest BCUT2D eigenvalue weighted by Gasteiger charge is -2.09. The summed E-state index contributed by atoms with van der Waals surface area (Å²) in [5, 5.41) is 0. The Morgan fingerprint density at radius 1 is 1.12 bits per heavy atom. The van der Waals surface area contributed by atoms with Crippen LogP contribution in [0, 0.1) is 11.6 Å². The molecule has 1 atom stereocenters. The maximum absolute atomic E-state index is 13.0. The van der Waals surface area contributed by atoms with E-state index in [2.05, 4.69) is 15.9 Å². The van der Waals surface area contributed by atoms with Crippen LogP contribution in [0.15, 0.2) is 39.4 Å². The van der Waals surface area contributed by atoms with Crippen molar-refractivity contribution in [2.45, 2.75) is 6.04 Å². The van der Waals surface area contributed by atoms with Gasteiger partial charge < -0.3 is 10.2 Å². The second-order valence-corrected chi connectivity index (χ2v) is 4.10. The van der Waals surface area contributed by atoms with E-state index in [-0.39, 0.29) is 0 Å². The Balaban J connectivity index is 2.37. The fourth-order valence-corrected chi connectivity index (χ4v) is 1.73. The van der Waals surface area contributed by atoms with Gasteiger partial charge in [0, 0.05) is 6.07 Å². The van der Waals surface area contributed by atoms with Crippen LogP contribution in [0.2, 0.25) is 0 Å². The first kappa shape index (κ1) is 11.3. The zero-order valence-electron chi connectivity index (χ0n) is 8.08. The maximum atomic E-state index is 13.0. The van der Waals surface area contributed by atoms with E-state index in [9.17, 15) is 8.78 Å². The summed E-state index contributed by atoms with van der Waals surface area (Å²) in [5.74, 6) is -0.871. The highest BCUT2D eigenvalue weighted by atomic mass is 79.9. The van der Waals surface area contributed by atoms with E-state index >= 15 is 0 Å². The fraction of sp³-hybridized carbons (Fsp3) is 0.0909. The highest BCUT2D eigenvalue weighted by Crippen LogP contribution is 2.25. The standard InChI is InChI=1S/C11H8BrF2NO/c12-10-2-1-9(16-10)11(15)6-3-7(13)5-8(14)4-6/h1-5,11H,15H2. The summed E-state index contributed by atoms with van der Waals surface area (Å²) in [6.07, 6.45) is 0. The third-order valence-electron chi connectivity index (χ3n) is 2.14. The second-order valence-electron chi connectivity index (χ2n) is 3.32. The summed E-state index contributed by atoms with van der Waals surface area (Å²) in [6.45, 7) is 0. The zero-order valence-corrected chi connectivity index (χ0v) is 9.67. The normalized spacial score (nSPS) is 12.8. The molecule has 0 saturated heterocycles. The van der Waals surface area contributed by atoms with Crippen molar-refractivity contribution in [1.29, 1.82) is 0 Å². The number of rotatable bonds is 2. The van der Waals surface area contributed by atoms with Crippen molar-refractivity contribution in [3.8, 4) is 0 Å². The van der Waals surface area contributed by atoms with E-state index in [1.807, 2.05) is 0 Å². The van der Waals surface area contributed by atoms with Gasteiger partial charge in [0.25, 0.3) is 0 Å². The Kier molecular flexibility index (Phi) is 3.07. The molecular weight excluding hydrogens is 280 g/mol. The lowest BCUT2D eigenvalue weighted by Crippen LogP contribution is -2.11. The monoisotopic (exact) mass is 287 g/mol. The molecule has 1 unspecified atom stereocenters. The van der Waals surface area contributed by atoms with Crippen molar-refractivity contribution in [2.75, 3.05) is 0 Å². The Labute approximate surface area is 99.2 Å². The zero-order chi connectivity index (χ0) is 11.7. The highest BCUT2D eigenvalue weighted by molar-refractivity contribution is 9.10. The molecule has 0 saturated carbocycles. The van der Waals surface area contributed by atoms with E-state index in [0.717, 1.165) is 6.07 Å². The minimum Gasteiger partial charge on any atom is -0.452 e. The van der Waals surface area contributed by atoms with Crippen molar-refractivity contribution < 1.29 is 13.2 Å². The minimum atomic E-state index is -0.684. The van der Waals surface area contributed by atoms with Gasteiger partial charge in [-0.1, -0.05) is 0 Å². The predicted octanol–water partition coefficient (Wildman–Crippen LogP) is 3.37. The van der Waals surface area contributed by atoms with Crippen molar-refractivity contribution in [3.05, 3.63) is 58.0 Å². The fourth-order valence-electron chi connectivity index (χ4n) is 1.41. The van der Waals surface area contributed by atoms with E-state index in [1.54, 1.807) is 12.1 Å². The molecule has 16 heavy (non-hydrogen) atoms. The molecule has 2 aromatic rings. The number of hydrogen-bond donors (Lipinski definition) is 1. The third-order valence-corrected chi connectivity index (χ3v) is 2.57. The molecule has 1 heterocycles. The summed E-state index contributed by atoms with van der Waals surface area (Å²) in [4.78, 5) is 0. The lowest BCUT2D eigenvalue weighted by atomic mass is 10.1. The summed E-state index contributed by atoms with van der Waals surface area (Å²) in [7, 11) is 0. The first-order chi connectivity index (χ1) is 7.56. The molecule has 2 nitrogen and oxygen atoms in total. The number of hydrogen-bond acceptors (Lipinski definition) is 2. The predicted molar refractivity (Wildman–Crippen MR) is 58.8 cm³/mol. The molecule has 0 spiro atoms. The van der Waals surface area contributed by atoms with Crippen LogP contribution in [0.3, 0.4) is 0 Å². The summed E-state index contributed by atoms with van der Waals surface area (Å²) in [6, 6.07) is 5.81. The van der Waals surface area contributed by atoms with Crippen molar-refractivity contribution in [1.82, 2.24) is 0 Å². The van der Waals surface area contributed by atoms with Crippen molar-refractivity contribution in [3.63, 3.8) is 0 Å². The first-order valence-electron chi connectivity index (χ1n) is 4.53. The van der Waals surface area contributed by atoms with Gasteiger partial charge in [-0.25, -0.2) is 8.78 Å². The Morgan fingerprint density at radius 2 is 1.75 bits per heavy atom. The average Bonchev–Trinajstić information content (AvgIpc) is 2.62. The molecule has 0 aliphatic rings. The molecule has 1 aromatic heterocycles. The summed E-state index contributed by atoms with van der Waals surface area (Å²) in [5.41, 5.74) is 6.15. The van der Waals surface area contributed by atoms with Gasteiger partial charge in [0.1, 0.15) is 17.4 Å². The van der Waals surface area contributed by atoms with Gasteiger partial charge in [-0.05, 0) is 45.8 Å². The number of benzene rings is 1. The number of halogens is 3. The molecule has 0 aliphatic carbocycles. The number of nitrogens with two attached hydrogens (primary N) is 1. The SMILES string of the molecule is NC(c1cc(F)cc(F)c1)c1ccc(Br)o1. The molecule has 0 amide bonds. The second kappa shape index (κ2) is 4.35. The van der Waals surface area contributed by atoms with Crippen LogP contribution in [0.1, 0.15) is 17.4 Å². The third kappa shape index (κ3) is 2.31. The van der Waals surface area contributed by atoms with Crippen LogP contribution in [0.25, 0.3) is 0 Å². The molecule has 0 aliphatic heterocycles. The molecule has 2 N–H and O–H groups in total. The van der Waals surface area contributed by atoms with Gasteiger partial charge in [-0.2, -0.15) is 0 Å². The van der Waals surface area contributed by atoms with Gasteiger partial charge >= 0.3 is 0 Å². The Bertz CT molecular complexity index is 492. The molecule has 0 fully saturated rings. The van der Waals surface area contributed by atoms with E-state index < -0.39 is 17.7 Å². The first-order valence-corrected chi connectivity index (χ1v) is 5.32. The molecule has 0 bridgehead atoms. The van der Waals surface area contributed by atoms with Gasteiger partial charge in [0.05, 0.1) is 6.04 Å². The topological polar surface area (TPSA) is 39.2 Å². The van der Waals surface area contributed by atoms with Gasteiger partial charge in [0.2, 0.25) is 0 Å². The smallest absolute Gasteiger partial charge is 0.169 e. The van der Waals surface area contributed by atoms with Gasteiger partial charge in [-0.3, -0.25) is 0 Å². The minimum absolute atomic E-state index is 0.333. The molecular formula is C11H8BrF2NO. The quantitative estimate of drug-likeness (QED) is 0.920. The lowest BCUT2D eigenvalue weighted by molar-refractivity contribution is 0.468. The average molecular weight is 288 g/mol. The highest BCUT2D eigenvalue weighted by Gasteiger charge is 2.14. The Morgan fingerprint density at radius 3 is 2.25 bits per heavy atom. The largest absolute Gasteiger partial charge is 0.452 e. The summed E-state index contributed by atoms with van der Waals surface area (Å²) >= 11 is 3.13. The van der Waals surface area contributed by atoms with E-state index in [4.69, 9.17) is 10.2 Å². The van der Waals surface area contributed by atoms with Gasteiger partial charge in [0.15, 0.2) is 4.67 Å².